The third kappa shape index (κ3) is 2.12. The predicted molar refractivity (Wildman–Crippen MR) is 59.2 cm³/mol. The highest BCUT2D eigenvalue weighted by molar-refractivity contribution is 5.89. The van der Waals surface area contributed by atoms with Crippen molar-refractivity contribution in [3.05, 3.63) is 23.8 Å². The Morgan fingerprint density at radius 3 is 2.87 bits per heavy atom. The number of benzene rings is 1. The lowest BCUT2D eigenvalue weighted by atomic mass is 10.0. The molecule has 0 unspecified atom stereocenters. The third-order valence-electron chi connectivity index (χ3n) is 2.39. The molecule has 0 fully saturated rings. The van der Waals surface area contributed by atoms with Gasteiger partial charge in [-0.15, -0.1) is 0 Å². The van der Waals surface area contributed by atoms with Gasteiger partial charge in [0.2, 0.25) is 5.91 Å². The Morgan fingerprint density at radius 1 is 1.47 bits per heavy atom. The molecular formula is C12H15NO2. The molecule has 15 heavy (non-hydrogen) atoms. The molecule has 1 aliphatic rings. The van der Waals surface area contributed by atoms with Gasteiger partial charge in [-0.3, -0.25) is 4.79 Å². The number of amides is 1. The number of rotatable bonds is 1. The zero-order valence-corrected chi connectivity index (χ0v) is 9.26. The van der Waals surface area contributed by atoms with Gasteiger partial charge in [0, 0.05) is 25.1 Å². The largest absolute Gasteiger partial charge is 0.487 e. The maximum Gasteiger partial charge on any atom is 0.221 e. The minimum Gasteiger partial charge on any atom is -0.487 e. The second kappa shape index (κ2) is 3.26. The normalized spacial score (nSPS) is 16.7. The summed E-state index contributed by atoms with van der Waals surface area (Å²) in [5, 5.41) is 2.74. The molecule has 0 aromatic heterocycles. The van der Waals surface area contributed by atoms with E-state index in [9.17, 15) is 4.79 Å². The number of carbonyl (C=O) groups excluding carboxylic acids is 1. The molecule has 1 heterocycles. The first-order valence-corrected chi connectivity index (χ1v) is 5.06. The second-order valence-corrected chi connectivity index (χ2v) is 4.54. The van der Waals surface area contributed by atoms with E-state index in [4.69, 9.17) is 4.74 Å². The lowest BCUT2D eigenvalue weighted by Gasteiger charge is -2.16. The van der Waals surface area contributed by atoms with Crippen LogP contribution in [0.1, 0.15) is 26.3 Å². The molecule has 0 aliphatic carbocycles. The van der Waals surface area contributed by atoms with Gasteiger partial charge >= 0.3 is 0 Å². The average molecular weight is 205 g/mol. The van der Waals surface area contributed by atoms with Gasteiger partial charge in [0.05, 0.1) is 0 Å². The van der Waals surface area contributed by atoms with Gasteiger partial charge in [0.15, 0.2) is 0 Å². The van der Waals surface area contributed by atoms with Crippen LogP contribution in [0.5, 0.6) is 5.75 Å². The number of ether oxygens (including phenoxy) is 1. The molecule has 0 saturated heterocycles. The van der Waals surface area contributed by atoms with E-state index in [0.717, 1.165) is 17.9 Å². The topological polar surface area (TPSA) is 38.3 Å². The van der Waals surface area contributed by atoms with E-state index < -0.39 is 0 Å². The van der Waals surface area contributed by atoms with Gasteiger partial charge in [0.1, 0.15) is 11.4 Å². The van der Waals surface area contributed by atoms with Crippen LogP contribution in [0.4, 0.5) is 5.69 Å². The van der Waals surface area contributed by atoms with E-state index >= 15 is 0 Å². The monoisotopic (exact) mass is 205 g/mol. The van der Waals surface area contributed by atoms with Gasteiger partial charge in [-0.1, -0.05) is 6.07 Å². The summed E-state index contributed by atoms with van der Waals surface area (Å²) < 4.78 is 5.77. The molecule has 3 nitrogen and oxygen atoms in total. The number of carbonyl (C=O) groups is 1. The van der Waals surface area contributed by atoms with Crippen molar-refractivity contribution in [1.82, 2.24) is 0 Å². The Kier molecular flexibility index (Phi) is 2.18. The molecule has 1 amide bonds. The number of nitrogens with one attached hydrogen (secondary N) is 1. The average Bonchev–Trinajstić information content (AvgIpc) is 2.36. The lowest BCUT2D eigenvalue weighted by molar-refractivity contribution is -0.114. The van der Waals surface area contributed by atoms with Gasteiger partial charge in [-0.05, 0) is 25.5 Å². The van der Waals surface area contributed by atoms with Gasteiger partial charge in [-0.25, -0.2) is 0 Å². The third-order valence-corrected chi connectivity index (χ3v) is 2.39. The molecule has 1 aromatic rings. The van der Waals surface area contributed by atoms with Crippen LogP contribution in [0, 0.1) is 0 Å². The van der Waals surface area contributed by atoms with Crippen LogP contribution in [-0.4, -0.2) is 11.5 Å². The molecule has 0 atom stereocenters. The molecular weight excluding hydrogens is 190 g/mol. The quantitative estimate of drug-likeness (QED) is 0.764. The zero-order chi connectivity index (χ0) is 11.1. The van der Waals surface area contributed by atoms with Crippen molar-refractivity contribution in [3.8, 4) is 5.75 Å². The fraction of sp³-hybridized carbons (Fsp3) is 0.417. The number of hydrogen-bond acceptors (Lipinski definition) is 2. The van der Waals surface area contributed by atoms with Crippen LogP contribution in [0.15, 0.2) is 18.2 Å². The smallest absolute Gasteiger partial charge is 0.221 e. The summed E-state index contributed by atoms with van der Waals surface area (Å²) in [7, 11) is 0. The minimum absolute atomic E-state index is 0.0628. The molecule has 1 N–H and O–H groups in total. The van der Waals surface area contributed by atoms with Gasteiger partial charge < -0.3 is 10.1 Å². The fourth-order valence-corrected chi connectivity index (χ4v) is 1.87. The van der Waals surface area contributed by atoms with E-state index in [2.05, 4.69) is 19.2 Å². The SMILES string of the molecule is CC(=O)Nc1ccc2c(c1)OC(C)(C)C2. The first-order valence-electron chi connectivity index (χ1n) is 5.06. The maximum atomic E-state index is 10.9. The molecule has 1 aliphatic heterocycles. The first-order chi connectivity index (χ1) is 6.96. The Morgan fingerprint density at radius 2 is 2.20 bits per heavy atom. The molecule has 3 heteroatoms. The number of hydrogen-bond donors (Lipinski definition) is 1. The summed E-state index contributed by atoms with van der Waals surface area (Å²) in [6, 6.07) is 5.80. The maximum absolute atomic E-state index is 10.9. The van der Waals surface area contributed by atoms with Crippen molar-refractivity contribution in [2.24, 2.45) is 0 Å². The summed E-state index contributed by atoms with van der Waals surface area (Å²) in [4.78, 5) is 10.9. The summed E-state index contributed by atoms with van der Waals surface area (Å²) in [5.74, 6) is 0.818. The van der Waals surface area contributed by atoms with Gasteiger partial charge in [-0.2, -0.15) is 0 Å². The van der Waals surface area contributed by atoms with Crippen molar-refractivity contribution in [2.75, 3.05) is 5.32 Å². The van der Waals surface area contributed by atoms with Gasteiger partial charge in [0.25, 0.3) is 0 Å². The predicted octanol–water partition coefficient (Wildman–Crippen LogP) is 2.36. The standard InChI is InChI=1S/C12H15NO2/c1-8(14)13-10-5-4-9-7-12(2,3)15-11(9)6-10/h4-6H,7H2,1-3H3,(H,13,14). The highest BCUT2D eigenvalue weighted by Crippen LogP contribution is 2.36. The minimum atomic E-state index is -0.128. The highest BCUT2D eigenvalue weighted by Gasteiger charge is 2.29. The molecule has 2 rings (SSSR count). The molecule has 0 bridgehead atoms. The second-order valence-electron chi connectivity index (χ2n) is 4.54. The van der Waals surface area contributed by atoms with Crippen LogP contribution in [0.25, 0.3) is 0 Å². The fourth-order valence-electron chi connectivity index (χ4n) is 1.87. The van der Waals surface area contributed by atoms with Crippen molar-refractivity contribution in [3.63, 3.8) is 0 Å². The molecule has 80 valence electrons. The molecule has 1 aromatic carbocycles. The zero-order valence-electron chi connectivity index (χ0n) is 9.26. The molecule has 0 spiro atoms. The van der Waals surface area contributed by atoms with Crippen molar-refractivity contribution >= 4 is 11.6 Å². The summed E-state index contributed by atoms with van der Waals surface area (Å²) in [5.41, 5.74) is 1.87. The van der Waals surface area contributed by atoms with E-state index in [0.29, 0.717) is 0 Å². The van der Waals surface area contributed by atoms with Crippen LogP contribution < -0.4 is 10.1 Å². The van der Waals surface area contributed by atoms with Crippen molar-refractivity contribution < 1.29 is 9.53 Å². The molecule has 0 radical (unpaired) electrons. The van der Waals surface area contributed by atoms with E-state index in [-0.39, 0.29) is 11.5 Å². The number of anilines is 1. The Hall–Kier alpha value is -1.51. The lowest BCUT2D eigenvalue weighted by Crippen LogP contribution is -2.24. The van der Waals surface area contributed by atoms with E-state index in [1.807, 2.05) is 18.2 Å². The first kappa shape index (κ1) is 10.0. The van der Waals surface area contributed by atoms with Crippen LogP contribution in [0.3, 0.4) is 0 Å². The Balaban J connectivity index is 2.26. The summed E-state index contributed by atoms with van der Waals surface area (Å²) in [6.45, 7) is 5.62. The molecule has 0 saturated carbocycles. The van der Waals surface area contributed by atoms with E-state index in [1.54, 1.807) is 0 Å². The van der Waals surface area contributed by atoms with Crippen molar-refractivity contribution in [1.29, 1.82) is 0 Å². The van der Waals surface area contributed by atoms with Crippen LogP contribution in [-0.2, 0) is 11.2 Å². The van der Waals surface area contributed by atoms with Crippen molar-refractivity contribution in [2.45, 2.75) is 32.8 Å². The van der Waals surface area contributed by atoms with Crippen LogP contribution in [0.2, 0.25) is 0 Å². The Labute approximate surface area is 89.4 Å². The summed E-state index contributed by atoms with van der Waals surface area (Å²) in [6.07, 6.45) is 0.919. The highest BCUT2D eigenvalue weighted by atomic mass is 16.5. The summed E-state index contributed by atoms with van der Waals surface area (Å²) >= 11 is 0. The van der Waals surface area contributed by atoms with Crippen LogP contribution >= 0.6 is 0 Å². The Bertz CT molecular complexity index is 410. The van der Waals surface area contributed by atoms with E-state index in [1.165, 1.54) is 12.5 Å². The number of fused-ring (bicyclic) bond motifs is 1.